The lowest BCUT2D eigenvalue weighted by molar-refractivity contribution is 0.102. The Labute approximate surface area is 153 Å². The Morgan fingerprint density at radius 2 is 1.85 bits per heavy atom. The van der Waals surface area contributed by atoms with Gasteiger partial charge in [-0.15, -0.1) is 0 Å². The summed E-state index contributed by atoms with van der Waals surface area (Å²) in [6, 6.07) is 21.1. The second-order valence-electron chi connectivity index (χ2n) is 5.78. The molecule has 0 fully saturated rings. The van der Waals surface area contributed by atoms with Crippen molar-refractivity contribution in [3.63, 3.8) is 0 Å². The number of hydrogen-bond acceptors (Lipinski definition) is 4. The first-order valence-electron chi connectivity index (χ1n) is 8.44. The lowest BCUT2D eigenvalue weighted by Gasteiger charge is -2.08. The predicted molar refractivity (Wildman–Crippen MR) is 104 cm³/mol. The molecule has 0 saturated carbocycles. The van der Waals surface area contributed by atoms with Crippen LogP contribution in [0, 0.1) is 0 Å². The van der Waals surface area contributed by atoms with E-state index >= 15 is 0 Å². The molecule has 0 aliphatic rings. The zero-order valence-corrected chi connectivity index (χ0v) is 14.6. The Morgan fingerprint density at radius 1 is 1.00 bits per heavy atom. The van der Waals surface area contributed by atoms with Crippen molar-refractivity contribution in [3.05, 3.63) is 84.2 Å². The van der Waals surface area contributed by atoms with Crippen LogP contribution in [0.15, 0.2) is 72.9 Å². The van der Waals surface area contributed by atoms with Crippen LogP contribution in [0.2, 0.25) is 0 Å². The van der Waals surface area contributed by atoms with Gasteiger partial charge in [0.15, 0.2) is 0 Å². The van der Waals surface area contributed by atoms with Crippen molar-refractivity contribution in [1.82, 2.24) is 4.98 Å². The summed E-state index contributed by atoms with van der Waals surface area (Å²) in [5, 5.41) is 6.13. The van der Waals surface area contributed by atoms with Crippen molar-refractivity contribution in [2.45, 2.75) is 6.42 Å². The molecule has 1 aromatic heterocycles. The van der Waals surface area contributed by atoms with Crippen LogP contribution in [-0.4, -0.2) is 24.5 Å². The third-order valence-corrected chi connectivity index (χ3v) is 3.91. The van der Waals surface area contributed by atoms with E-state index in [1.54, 1.807) is 31.5 Å². The first-order valence-corrected chi connectivity index (χ1v) is 8.44. The van der Waals surface area contributed by atoms with E-state index in [2.05, 4.69) is 27.8 Å². The minimum atomic E-state index is -0.255. The van der Waals surface area contributed by atoms with Gasteiger partial charge in [-0.25, -0.2) is 4.98 Å². The van der Waals surface area contributed by atoms with Gasteiger partial charge in [-0.1, -0.05) is 36.4 Å². The Bertz CT molecular complexity index is 849. The summed E-state index contributed by atoms with van der Waals surface area (Å²) >= 11 is 0. The Balaban J connectivity index is 1.54. The zero-order valence-electron chi connectivity index (χ0n) is 14.6. The number of anilines is 2. The van der Waals surface area contributed by atoms with E-state index in [1.807, 2.05) is 36.4 Å². The Morgan fingerprint density at radius 3 is 2.58 bits per heavy atom. The number of hydrogen-bond donors (Lipinski definition) is 2. The number of nitrogens with zero attached hydrogens (tertiary/aromatic N) is 1. The molecule has 0 aliphatic heterocycles. The predicted octanol–water partition coefficient (Wildman–Crippen LogP) is 4.00. The lowest BCUT2D eigenvalue weighted by atomic mass is 10.1. The molecule has 0 atom stereocenters. The van der Waals surface area contributed by atoms with Gasteiger partial charge in [-0.2, -0.15) is 0 Å². The van der Waals surface area contributed by atoms with Crippen LogP contribution in [0.25, 0.3) is 0 Å². The zero-order chi connectivity index (χ0) is 18.2. The number of carbonyl (C=O) groups is 1. The summed E-state index contributed by atoms with van der Waals surface area (Å²) in [5.41, 5.74) is 3.20. The van der Waals surface area contributed by atoms with E-state index in [4.69, 9.17) is 4.74 Å². The highest BCUT2D eigenvalue weighted by Crippen LogP contribution is 2.17. The molecule has 5 heteroatoms. The number of aromatic nitrogens is 1. The van der Waals surface area contributed by atoms with E-state index in [0.29, 0.717) is 17.1 Å². The normalized spacial score (nSPS) is 10.2. The van der Waals surface area contributed by atoms with Gasteiger partial charge in [0.05, 0.1) is 19.0 Å². The molecule has 132 valence electrons. The first kappa shape index (κ1) is 17.5. The quantitative estimate of drug-likeness (QED) is 0.678. The largest absolute Gasteiger partial charge is 0.497 e. The van der Waals surface area contributed by atoms with Crippen molar-refractivity contribution in [1.29, 1.82) is 0 Å². The number of benzene rings is 2. The fraction of sp³-hybridized carbons (Fsp3) is 0.143. The summed E-state index contributed by atoms with van der Waals surface area (Å²) in [7, 11) is 1.59. The lowest BCUT2D eigenvalue weighted by Crippen LogP contribution is -2.14. The van der Waals surface area contributed by atoms with E-state index in [-0.39, 0.29) is 5.91 Å². The van der Waals surface area contributed by atoms with Crippen LogP contribution < -0.4 is 15.4 Å². The fourth-order valence-electron chi connectivity index (χ4n) is 2.52. The third kappa shape index (κ3) is 4.83. The molecule has 0 saturated heterocycles. The number of rotatable bonds is 7. The molecule has 5 nitrogen and oxygen atoms in total. The van der Waals surface area contributed by atoms with Crippen LogP contribution >= 0.6 is 0 Å². The molecule has 26 heavy (non-hydrogen) atoms. The SMILES string of the molecule is COc1cccc(NC(=O)c2ccc(NCCc3ccccc3)cn2)c1. The van der Waals surface area contributed by atoms with Crippen molar-refractivity contribution in [2.75, 3.05) is 24.3 Å². The minimum Gasteiger partial charge on any atom is -0.497 e. The highest BCUT2D eigenvalue weighted by Gasteiger charge is 2.08. The molecular formula is C21H21N3O2. The van der Waals surface area contributed by atoms with Gasteiger partial charge in [-0.05, 0) is 36.2 Å². The molecule has 0 radical (unpaired) electrons. The number of carbonyl (C=O) groups excluding carboxylic acids is 1. The van der Waals surface area contributed by atoms with Crippen LogP contribution in [0.3, 0.4) is 0 Å². The monoisotopic (exact) mass is 347 g/mol. The van der Waals surface area contributed by atoms with Crippen molar-refractivity contribution in [3.8, 4) is 5.75 Å². The summed E-state index contributed by atoms with van der Waals surface area (Å²) < 4.78 is 5.15. The number of methoxy groups -OCH3 is 1. The molecule has 0 spiro atoms. The average Bonchev–Trinajstić information content (AvgIpc) is 2.69. The Hall–Kier alpha value is -3.34. The summed E-state index contributed by atoms with van der Waals surface area (Å²) in [6.45, 7) is 0.807. The molecule has 0 aliphatic carbocycles. The van der Waals surface area contributed by atoms with Crippen LogP contribution in [0.1, 0.15) is 16.1 Å². The van der Waals surface area contributed by atoms with Gasteiger partial charge >= 0.3 is 0 Å². The van der Waals surface area contributed by atoms with Crippen LogP contribution in [0.4, 0.5) is 11.4 Å². The van der Waals surface area contributed by atoms with E-state index in [0.717, 1.165) is 18.7 Å². The molecule has 1 amide bonds. The molecule has 0 unspecified atom stereocenters. The highest BCUT2D eigenvalue weighted by molar-refractivity contribution is 6.03. The van der Waals surface area contributed by atoms with Crippen molar-refractivity contribution >= 4 is 17.3 Å². The topological polar surface area (TPSA) is 63.2 Å². The maximum absolute atomic E-state index is 12.3. The molecule has 3 aromatic rings. The van der Waals surface area contributed by atoms with Gasteiger partial charge in [0.25, 0.3) is 5.91 Å². The summed E-state index contributed by atoms with van der Waals surface area (Å²) in [6.07, 6.45) is 2.60. The molecule has 3 rings (SSSR count). The number of pyridine rings is 1. The van der Waals surface area contributed by atoms with E-state index in [1.165, 1.54) is 5.56 Å². The first-order chi connectivity index (χ1) is 12.7. The summed E-state index contributed by atoms with van der Waals surface area (Å²) in [4.78, 5) is 16.5. The average molecular weight is 347 g/mol. The fourth-order valence-corrected chi connectivity index (χ4v) is 2.52. The summed E-state index contributed by atoms with van der Waals surface area (Å²) in [5.74, 6) is 0.433. The minimum absolute atomic E-state index is 0.255. The maximum atomic E-state index is 12.3. The molecular weight excluding hydrogens is 326 g/mol. The molecule has 2 N–H and O–H groups in total. The smallest absolute Gasteiger partial charge is 0.274 e. The second kappa shape index (κ2) is 8.67. The highest BCUT2D eigenvalue weighted by atomic mass is 16.5. The van der Waals surface area contributed by atoms with E-state index < -0.39 is 0 Å². The molecule has 1 heterocycles. The van der Waals surface area contributed by atoms with Crippen LogP contribution in [-0.2, 0) is 6.42 Å². The number of nitrogens with one attached hydrogen (secondary N) is 2. The van der Waals surface area contributed by atoms with Gasteiger partial charge in [-0.3, -0.25) is 4.79 Å². The van der Waals surface area contributed by atoms with Crippen molar-refractivity contribution in [2.24, 2.45) is 0 Å². The van der Waals surface area contributed by atoms with Gasteiger partial charge in [0.2, 0.25) is 0 Å². The number of amides is 1. The van der Waals surface area contributed by atoms with Gasteiger partial charge in [0.1, 0.15) is 11.4 Å². The molecule has 0 bridgehead atoms. The maximum Gasteiger partial charge on any atom is 0.274 e. The van der Waals surface area contributed by atoms with Gasteiger partial charge < -0.3 is 15.4 Å². The standard InChI is InChI=1S/C21H21N3O2/c1-26-19-9-5-8-17(14-19)24-21(25)20-11-10-18(15-23-20)22-13-12-16-6-3-2-4-7-16/h2-11,14-15,22H,12-13H2,1H3,(H,24,25). The van der Waals surface area contributed by atoms with Crippen LogP contribution in [0.5, 0.6) is 5.75 Å². The Kier molecular flexibility index (Phi) is 5.83. The van der Waals surface area contributed by atoms with Gasteiger partial charge in [0, 0.05) is 18.3 Å². The van der Waals surface area contributed by atoms with Crippen molar-refractivity contribution < 1.29 is 9.53 Å². The molecule has 2 aromatic carbocycles. The van der Waals surface area contributed by atoms with E-state index in [9.17, 15) is 4.79 Å². The third-order valence-electron chi connectivity index (χ3n) is 3.91. The second-order valence-corrected chi connectivity index (χ2v) is 5.78. The number of ether oxygens (including phenoxy) is 1.